The van der Waals surface area contributed by atoms with E-state index in [4.69, 9.17) is 0 Å². The summed E-state index contributed by atoms with van der Waals surface area (Å²) < 4.78 is 40.1. The maximum atomic E-state index is 13.1. The first-order valence-corrected chi connectivity index (χ1v) is 10.5. The minimum absolute atomic E-state index is 0.0385. The van der Waals surface area contributed by atoms with Crippen molar-refractivity contribution >= 4 is 21.6 Å². The number of unbranched alkanes of at least 4 members (excludes halogenated alkanes) is 1. The van der Waals surface area contributed by atoms with E-state index in [1.54, 1.807) is 0 Å². The first kappa shape index (κ1) is 19.5. The van der Waals surface area contributed by atoms with Crippen molar-refractivity contribution in [1.29, 1.82) is 0 Å². The lowest BCUT2D eigenvalue weighted by Gasteiger charge is -2.28. The molecule has 0 saturated carbocycles. The third-order valence-electron chi connectivity index (χ3n) is 4.68. The van der Waals surface area contributed by atoms with Gasteiger partial charge in [0, 0.05) is 25.2 Å². The number of carbonyl (C=O) groups is 1. The van der Waals surface area contributed by atoms with Crippen LogP contribution in [0.1, 0.15) is 37.3 Å². The van der Waals surface area contributed by atoms with Crippen LogP contribution >= 0.6 is 0 Å². The van der Waals surface area contributed by atoms with Crippen molar-refractivity contribution in [3.05, 3.63) is 59.4 Å². The zero-order valence-electron chi connectivity index (χ0n) is 15.2. The van der Waals surface area contributed by atoms with E-state index in [2.05, 4.69) is 5.32 Å². The molecule has 1 aliphatic heterocycles. The second-order valence-corrected chi connectivity index (χ2v) is 8.62. The van der Waals surface area contributed by atoms with Gasteiger partial charge in [-0.05, 0) is 60.4 Å². The molecule has 1 aliphatic rings. The van der Waals surface area contributed by atoms with Gasteiger partial charge in [-0.2, -0.15) is 4.31 Å². The predicted octanol–water partition coefficient (Wildman–Crippen LogP) is 3.70. The smallest absolute Gasteiger partial charge is 0.243 e. The number of halogens is 1. The molecule has 0 aromatic heterocycles. The van der Waals surface area contributed by atoms with Crippen molar-refractivity contribution < 1.29 is 17.6 Å². The van der Waals surface area contributed by atoms with Gasteiger partial charge in [0.2, 0.25) is 15.9 Å². The van der Waals surface area contributed by atoms with Crippen molar-refractivity contribution in [3.8, 4) is 0 Å². The van der Waals surface area contributed by atoms with Crippen LogP contribution in [0.25, 0.3) is 0 Å². The molecule has 1 heterocycles. The lowest BCUT2D eigenvalue weighted by molar-refractivity contribution is -0.116. The summed E-state index contributed by atoms with van der Waals surface area (Å²) in [6.45, 7) is 2.63. The highest BCUT2D eigenvalue weighted by atomic mass is 32.2. The molecule has 0 radical (unpaired) electrons. The molecule has 144 valence electrons. The molecule has 0 bridgehead atoms. The molecule has 1 N–H and O–H groups in total. The van der Waals surface area contributed by atoms with Crippen LogP contribution in [-0.2, 0) is 27.8 Å². The fourth-order valence-corrected chi connectivity index (χ4v) is 4.55. The number of amides is 1. The van der Waals surface area contributed by atoms with Crippen LogP contribution in [0.15, 0.2) is 47.4 Å². The molecule has 2 aromatic rings. The summed E-state index contributed by atoms with van der Waals surface area (Å²) in [4.78, 5) is 12.0. The lowest BCUT2D eigenvalue weighted by atomic mass is 10.0. The maximum Gasteiger partial charge on any atom is 0.243 e. The molecule has 0 atom stereocenters. The zero-order chi connectivity index (χ0) is 19.4. The SMILES string of the molecule is CCCCC(=O)Nc1ccc2c(c1)CN(S(=O)(=O)c1ccc(F)cc1)CC2. The monoisotopic (exact) mass is 390 g/mol. The number of hydrogen-bond acceptors (Lipinski definition) is 3. The summed E-state index contributed by atoms with van der Waals surface area (Å²) in [5.74, 6) is -0.509. The first-order valence-electron chi connectivity index (χ1n) is 9.07. The number of nitrogens with one attached hydrogen (secondary N) is 1. The van der Waals surface area contributed by atoms with Crippen LogP contribution in [0.5, 0.6) is 0 Å². The maximum absolute atomic E-state index is 13.1. The molecule has 7 heteroatoms. The second kappa shape index (κ2) is 8.19. The topological polar surface area (TPSA) is 66.5 Å². The van der Waals surface area contributed by atoms with Crippen molar-refractivity contribution in [1.82, 2.24) is 4.31 Å². The minimum Gasteiger partial charge on any atom is -0.326 e. The van der Waals surface area contributed by atoms with E-state index < -0.39 is 15.8 Å². The summed E-state index contributed by atoms with van der Waals surface area (Å²) in [6.07, 6.45) is 2.85. The Hall–Kier alpha value is -2.25. The van der Waals surface area contributed by atoms with Crippen LogP contribution in [0.3, 0.4) is 0 Å². The molecular formula is C20H23FN2O3S. The quantitative estimate of drug-likeness (QED) is 0.818. The minimum atomic E-state index is -3.69. The molecule has 0 fully saturated rings. The molecular weight excluding hydrogens is 367 g/mol. The molecule has 2 aromatic carbocycles. The van der Waals surface area contributed by atoms with Crippen LogP contribution < -0.4 is 5.32 Å². The van der Waals surface area contributed by atoms with E-state index >= 15 is 0 Å². The summed E-state index contributed by atoms with van der Waals surface area (Å²) in [5, 5.41) is 2.87. The van der Waals surface area contributed by atoms with E-state index in [9.17, 15) is 17.6 Å². The van der Waals surface area contributed by atoms with E-state index in [0.717, 1.165) is 36.1 Å². The third kappa shape index (κ3) is 4.54. The summed E-state index contributed by atoms with van der Waals surface area (Å²) in [7, 11) is -3.69. The number of fused-ring (bicyclic) bond motifs is 1. The van der Waals surface area contributed by atoms with Crippen molar-refractivity contribution in [3.63, 3.8) is 0 Å². The zero-order valence-corrected chi connectivity index (χ0v) is 16.1. The Labute approximate surface area is 159 Å². The standard InChI is InChI=1S/C20H23FN2O3S/c1-2-3-4-20(24)22-18-8-5-15-11-12-23(14-16(15)13-18)27(25,26)19-9-6-17(21)7-10-19/h5-10,13H,2-4,11-12,14H2,1H3,(H,22,24). The molecule has 1 amide bonds. The van der Waals surface area contributed by atoms with Crippen molar-refractivity contribution in [2.45, 2.75) is 44.0 Å². The van der Waals surface area contributed by atoms with Gasteiger partial charge < -0.3 is 5.32 Å². The van der Waals surface area contributed by atoms with Gasteiger partial charge in [-0.25, -0.2) is 12.8 Å². The number of anilines is 1. The van der Waals surface area contributed by atoms with Gasteiger partial charge in [0.05, 0.1) is 4.90 Å². The Balaban J connectivity index is 1.77. The van der Waals surface area contributed by atoms with Gasteiger partial charge >= 0.3 is 0 Å². The number of carbonyl (C=O) groups excluding carboxylic acids is 1. The molecule has 27 heavy (non-hydrogen) atoms. The second-order valence-electron chi connectivity index (χ2n) is 6.68. The highest BCUT2D eigenvalue weighted by Gasteiger charge is 2.28. The van der Waals surface area contributed by atoms with Gasteiger partial charge in [0.15, 0.2) is 0 Å². The van der Waals surface area contributed by atoms with Gasteiger partial charge in [-0.1, -0.05) is 19.4 Å². The average Bonchev–Trinajstić information content (AvgIpc) is 2.66. The number of nitrogens with zero attached hydrogens (tertiary/aromatic N) is 1. The molecule has 0 saturated heterocycles. The summed E-state index contributed by atoms with van der Waals surface area (Å²) >= 11 is 0. The van der Waals surface area contributed by atoms with Crippen molar-refractivity contribution in [2.75, 3.05) is 11.9 Å². The van der Waals surface area contributed by atoms with Crippen molar-refractivity contribution in [2.24, 2.45) is 0 Å². The third-order valence-corrected chi connectivity index (χ3v) is 6.54. The molecule has 0 spiro atoms. The molecule has 5 nitrogen and oxygen atoms in total. The normalized spacial score (nSPS) is 14.6. The molecule has 0 aliphatic carbocycles. The van der Waals surface area contributed by atoms with E-state index in [1.165, 1.54) is 16.4 Å². The van der Waals surface area contributed by atoms with Crippen LogP contribution in [0.4, 0.5) is 10.1 Å². The molecule has 3 rings (SSSR count). The highest BCUT2D eigenvalue weighted by molar-refractivity contribution is 7.89. The van der Waals surface area contributed by atoms with Gasteiger partial charge in [-0.3, -0.25) is 4.79 Å². The highest BCUT2D eigenvalue weighted by Crippen LogP contribution is 2.27. The van der Waals surface area contributed by atoms with E-state index in [0.29, 0.717) is 25.1 Å². The van der Waals surface area contributed by atoms with E-state index in [-0.39, 0.29) is 17.3 Å². The van der Waals surface area contributed by atoms with E-state index in [1.807, 2.05) is 25.1 Å². The van der Waals surface area contributed by atoms with Crippen LogP contribution in [-0.4, -0.2) is 25.2 Å². The molecule has 0 unspecified atom stereocenters. The Kier molecular flexibility index (Phi) is 5.92. The fourth-order valence-electron chi connectivity index (χ4n) is 3.13. The lowest BCUT2D eigenvalue weighted by Crippen LogP contribution is -2.36. The van der Waals surface area contributed by atoms with Crippen LogP contribution in [0, 0.1) is 5.82 Å². The van der Waals surface area contributed by atoms with Crippen LogP contribution in [0.2, 0.25) is 0 Å². The number of benzene rings is 2. The van der Waals surface area contributed by atoms with Gasteiger partial charge in [-0.15, -0.1) is 0 Å². The fraction of sp³-hybridized carbons (Fsp3) is 0.350. The Bertz CT molecular complexity index is 927. The Morgan fingerprint density at radius 3 is 2.59 bits per heavy atom. The Morgan fingerprint density at radius 1 is 1.15 bits per heavy atom. The largest absolute Gasteiger partial charge is 0.326 e. The summed E-state index contributed by atoms with van der Waals surface area (Å²) in [5.41, 5.74) is 2.63. The Morgan fingerprint density at radius 2 is 1.89 bits per heavy atom. The average molecular weight is 390 g/mol. The van der Waals surface area contributed by atoms with Gasteiger partial charge in [0.25, 0.3) is 0 Å². The number of sulfonamides is 1. The summed E-state index contributed by atoms with van der Waals surface area (Å²) in [6, 6.07) is 10.5. The predicted molar refractivity (Wildman–Crippen MR) is 102 cm³/mol. The number of rotatable bonds is 6. The number of hydrogen-bond donors (Lipinski definition) is 1. The first-order chi connectivity index (χ1) is 12.9. The van der Waals surface area contributed by atoms with Gasteiger partial charge in [0.1, 0.15) is 5.82 Å².